The van der Waals surface area contributed by atoms with Gasteiger partial charge in [-0.15, -0.1) is 0 Å². The Morgan fingerprint density at radius 3 is 2.62 bits per heavy atom. The summed E-state index contributed by atoms with van der Waals surface area (Å²) in [7, 11) is 0. The van der Waals surface area contributed by atoms with E-state index >= 15 is 0 Å². The number of H-pyrrole nitrogens is 1. The molecule has 4 aliphatic rings. The quantitative estimate of drug-likeness (QED) is 0.653. The van der Waals surface area contributed by atoms with Crippen LogP contribution in [0.25, 0.3) is 10.9 Å². The average Bonchev–Trinajstić information content (AvgIpc) is 3.01. The molecule has 0 radical (unpaired) electrons. The third-order valence-corrected chi connectivity index (χ3v) is 6.69. The Hall–Kier alpha value is -2.14. The van der Waals surface area contributed by atoms with Crippen molar-refractivity contribution in [3.05, 3.63) is 36.0 Å². The Kier molecular flexibility index (Phi) is 3.35. The first-order valence-electron chi connectivity index (χ1n) is 9.45. The average molecular weight is 353 g/mol. The van der Waals surface area contributed by atoms with Gasteiger partial charge in [-0.3, -0.25) is 9.59 Å². The third kappa shape index (κ3) is 2.41. The molecule has 4 fully saturated rings. The van der Waals surface area contributed by atoms with E-state index in [4.69, 9.17) is 4.74 Å². The lowest BCUT2D eigenvalue weighted by Gasteiger charge is -2.58. The van der Waals surface area contributed by atoms with Crippen LogP contribution in [0.4, 0.5) is 0 Å². The van der Waals surface area contributed by atoms with Crippen LogP contribution in [0, 0.1) is 17.3 Å². The number of hydrogen-bond donors (Lipinski definition) is 2. The van der Waals surface area contributed by atoms with E-state index in [1.807, 2.05) is 24.3 Å². The fourth-order valence-corrected chi connectivity index (χ4v) is 6.12. The van der Waals surface area contributed by atoms with E-state index in [0.717, 1.165) is 43.0 Å². The van der Waals surface area contributed by atoms with Gasteiger partial charge in [-0.25, -0.2) is 0 Å². The number of ether oxygens (including phenoxy) is 1. The zero-order valence-electron chi connectivity index (χ0n) is 14.7. The van der Waals surface area contributed by atoms with E-state index in [2.05, 4.69) is 4.98 Å². The molecule has 1 aromatic carbocycles. The number of para-hydroxylation sites is 1. The van der Waals surface area contributed by atoms with Crippen LogP contribution >= 0.6 is 0 Å². The van der Waals surface area contributed by atoms with Crippen LogP contribution in [-0.4, -0.2) is 34.1 Å². The molecular formula is C21H23NO4. The van der Waals surface area contributed by atoms with Gasteiger partial charge in [0, 0.05) is 22.7 Å². The lowest BCUT2D eigenvalue weighted by Crippen LogP contribution is -2.58. The molecule has 4 saturated carbocycles. The van der Waals surface area contributed by atoms with Crippen LogP contribution in [0.3, 0.4) is 0 Å². The Balaban J connectivity index is 1.31. The van der Waals surface area contributed by atoms with Crippen molar-refractivity contribution in [2.75, 3.05) is 6.61 Å². The second-order valence-electron chi connectivity index (χ2n) is 8.71. The maximum absolute atomic E-state index is 12.9. The molecule has 5 nitrogen and oxygen atoms in total. The highest BCUT2D eigenvalue weighted by Gasteiger charge is 2.60. The number of rotatable bonds is 4. The highest BCUT2D eigenvalue weighted by Crippen LogP contribution is 2.61. The van der Waals surface area contributed by atoms with Crippen molar-refractivity contribution < 1.29 is 19.4 Å². The van der Waals surface area contributed by atoms with Crippen molar-refractivity contribution in [1.29, 1.82) is 0 Å². The predicted molar refractivity (Wildman–Crippen MR) is 95.7 cm³/mol. The van der Waals surface area contributed by atoms with Crippen LogP contribution in [0.2, 0.25) is 0 Å². The van der Waals surface area contributed by atoms with Crippen LogP contribution in [0.1, 0.15) is 48.9 Å². The number of ketones is 1. The second-order valence-corrected chi connectivity index (χ2v) is 8.71. The van der Waals surface area contributed by atoms with Crippen molar-refractivity contribution >= 4 is 22.7 Å². The number of Topliss-reactive ketones (excluding diaryl/α,β-unsaturated/α-hetero) is 1. The molecule has 0 saturated heterocycles. The summed E-state index contributed by atoms with van der Waals surface area (Å²) in [5.41, 5.74) is 0.159. The van der Waals surface area contributed by atoms with Crippen LogP contribution < -0.4 is 0 Å². The molecule has 1 aromatic heterocycles. The molecule has 2 unspecified atom stereocenters. The molecule has 0 spiro atoms. The van der Waals surface area contributed by atoms with Crippen LogP contribution in [0.15, 0.2) is 30.5 Å². The topological polar surface area (TPSA) is 79.4 Å². The molecule has 26 heavy (non-hydrogen) atoms. The van der Waals surface area contributed by atoms with E-state index < -0.39 is 11.0 Å². The number of aromatic nitrogens is 1. The smallest absolute Gasteiger partial charge is 0.312 e. The lowest BCUT2D eigenvalue weighted by molar-refractivity contribution is -0.195. The Labute approximate surface area is 151 Å². The van der Waals surface area contributed by atoms with E-state index in [9.17, 15) is 14.7 Å². The first-order valence-corrected chi connectivity index (χ1v) is 9.45. The molecule has 2 N–H and O–H groups in total. The minimum absolute atomic E-state index is 0.195. The minimum Gasteiger partial charge on any atom is -0.457 e. The molecule has 136 valence electrons. The second kappa shape index (κ2) is 5.43. The highest BCUT2D eigenvalue weighted by atomic mass is 16.5. The molecule has 0 aliphatic heterocycles. The fraction of sp³-hybridized carbons (Fsp3) is 0.524. The summed E-state index contributed by atoms with van der Waals surface area (Å²) in [6.07, 6.45) is 6.50. The summed E-state index contributed by atoms with van der Waals surface area (Å²) in [6, 6.07) is 7.59. The van der Waals surface area contributed by atoms with Gasteiger partial charge in [0.1, 0.15) is 0 Å². The summed E-state index contributed by atoms with van der Waals surface area (Å²) < 4.78 is 5.49. The standard InChI is InChI=1S/C21H23NO4/c23-18(16-10-22-17-4-2-1-3-15(16)17)11-26-19(24)20-6-13-5-14(7-20)9-21(25,8-13)12-20/h1-4,10,13-14,22,25H,5-9,11-12H2. The molecule has 5 heteroatoms. The summed E-state index contributed by atoms with van der Waals surface area (Å²) in [5, 5.41) is 11.6. The zero-order valence-corrected chi connectivity index (χ0v) is 14.7. The Morgan fingerprint density at radius 1 is 1.15 bits per heavy atom. The number of nitrogens with one attached hydrogen (secondary N) is 1. The summed E-state index contributed by atoms with van der Waals surface area (Å²) in [6.45, 7) is -0.240. The van der Waals surface area contributed by atoms with Gasteiger partial charge in [-0.05, 0) is 56.4 Å². The fourth-order valence-electron chi connectivity index (χ4n) is 6.12. The summed E-state index contributed by atoms with van der Waals surface area (Å²) in [5.74, 6) is 0.341. The highest BCUT2D eigenvalue weighted by molar-refractivity contribution is 6.08. The zero-order chi connectivity index (χ0) is 17.9. The number of carbonyl (C=O) groups is 2. The molecule has 0 amide bonds. The number of esters is 1. The van der Waals surface area contributed by atoms with Gasteiger partial charge in [-0.1, -0.05) is 18.2 Å². The molecule has 4 aliphatic carbocycles. The minimum atomic E-state index is -0.704. The predicted octanol–water partition coefficient (Wildman–Crippen LogP) is 3.23. The first-order chi connectivity index (χ1) is 12.5. The Morgan fingerprint density at radius 2 is 1.88 bits per heavy atom. The van der Waals surface area contributed by atoms with Crippen molar-refractivity contribution in [1.82, 2.24) is 4.98 Å². The van der Waals surface area contributed by atoms with E-state index in [-0.39, 0.29) is 18.4 Å². The van der Waals surface area contributed by atoms with Crippen molar-refractivity contribution in [2.45, 2.75) is 44.1 Å². The SMILES string of the molecule is O=C(COC(=O)C12CC3CC(CC(O)(C3)C1)C2)c1c[nH]c2ccccc12. The van der Waals surface area contributed by atoms with Gasteiger partial charge < -0.3 is 14.8 Å². The third-order valence-electron chi connectivity index (χ3n) is 6.69. The number of hydrogen-bond acceptors (Lipinski definition) is 4. The van der Waals surface area contributed by atoms with Gasteiger partial charge >= 0.3 is 5.97 Å². The monoisotopic (exact) mass is 353 g/mol. The van der Waals surface area contributed by atoms with Gasteiger partial charge in [0.2, 0.25) is 5.78 Å². The molecule has 4 bridgehead atoms. The number of carbonyl (C=O) groups excluding carboxylic acids is 2. The maximum Gasteiger partial charge on any atom is 0.312 e. The number of fused-ring (bicyclic) bond motifs is 1. The Bertz CT molecular complexity index is 884. The number of aromatic amines is 1. The maximum atomic E-state index is 12.9. The lowest BCUT2D eigenvalue weighted by atomic mass is 9.48. The van der Waals surface area contributed by atoms with E-state index in [1.54, 1.807) is 6.20 Å². The van der Waals surface area contributed by atoms with E-state index in [1.165, 1.54) is 0 Å². The number of benzene rings is 1. The van der Waals surface area contributed by atoms with Gasteiger partial charge in [0.25, 0.3) is 0 Å². The van der Waals surface area contributed by atoms with Gasteiger partial charge in [0.15, 0.2) is 6.61 Å². The van der Waals surface area contributed by atoms with Crippen LogP contribution in [-0.2, 0) is 9.53 Å². The van der Waals surface area contributed by atoms with Crippen molar-refractivity contribution in [3.63, 3.8) is 0 Å². The van der Waals surface area contributed by atoms with Crippen molar-refractivity contribution in [2.24, 2.45) is 17.3 Å². The van der Waals surface area contributed by atoms with Gasteiger partial charge in [0.05, 0.1) is 11.0 Å². The number of aliphatic hydroxyl groups is 1. The molecular weight excluding hydrogens is 330 g/mol. The largest absolute Gasteiger partial charge is 0.457 e. The summed E-state index contributed by atoms with van der Waals surface area (Å²) >= 11 is 0. The van der Waals surface area contributed by atoms with Gasteiger partial charge in [-0.2, -0.15) is 0 Å². The first kappa shape index (κ1) is 16.1. The van der Waals surface area contributed by atoms with Crippen LogP contribution in [0.5, 0.6) is 0 Å². The summed E-state index contributed by atoms with van der Waals surface area (Å²) in [4.78, 5) is 28.5. The molecule has 6 rings (SSSR count). The van der Waals surface area contributed by atoms with Crippen molar-refractivity contribution in [3.8, 4) is 0 Å². The molecule has 2 atom stereocenters. The normalized spacial score (nSPS) is 35.0. The van der Waals surface area contributed by atoms with E-state index in [0.29, 0.717) is 23.8 Å². The molecule has 2 aromatic rings. The molecule has 1 heterocycles.